The van der Waals surface area contributed by atoms with Gasteiger partial charge in [-0.25, -0.2) is 4.98 Å². The number of rotatable bonds is 5. The molecule has 0 bridgehead atoms. The third-order valence-corrected chi connectivity index (χ3v) is 4.94. The molecular formula is C24H19ClN4O. The Hall–Kier alpha value is -3.62. The fourth-order valence-electron chi connectivity index (χ4n) is 3.14. The van der Waals surface area contributed by atoms with Gasteiger partial charge in [-0.15, -0.1) is 0 Å². The van der Waals surface area contributed by atoms with Crippen molar-refractivity contribution in [3.63, 3.8) is 0 Å². The minimum atomic E-state index is 0.0805. The Morgan fingerprint density at radius 2 is 1.70 bits per heavy atom. The molecule has 0 radical (unpaired) electrons. The number of nitrogens with one attached hydrogen (secondary N) is 1. The number of aromatic nitrogens is 2. The summed E-state index contributed by atoms with van der Waals surface area (Å²) < 4.78 is 6.16. The fraction of sp³-hybridized carbons (Fsp3) is 0.125. The molecule has 30 heavy (non-hydrogen) atoms. The quantitative estimate of drug-likeness (QED) is 0.363. The van der Waals surface area contributed by atoms with Crippen LogP contribution in [0.5, 0.6) is 11.6 Å². The highest BCUT2D eigenvalue weighted by Gasteiger charge is 2.18. The highest BCUT2D eigenvalue weighted by atomic mass is 35.5. The van der Waals surface area contributed by atoms with Crippen LogP contribution in [-0.2, 0) is 0 Å². The van der Waals surface area contributed by atoms with Crippen LogP contribution in [0, 0.1) is 11.3 Å². The molecule has 0 amide bonds. The van der Waals surface area contributed by atoms with Crippen LogP contribution in [0.3, 0.4) is 0 Å². The third kappa shape index (κ3) is 4.19. The zero-order valence-corrected chi connectivity index (χ0v) is 17.3. The van der Waals surface area contributed by atoms with Crippen molar-refractivity contribution in [1.29, 1.82) is 5.26 Å². The van der Waals surface area contributed by atoms with Crippen molar-refractivity contribution in [2.75, 3.05) is 5.32 Å². The number of hydrogen-bond donors (Lipinski definition) is 1. The molecule has 1 aromatic heterocycles. The van der Waals surface area contributed by atoms with Crippen molar-refractivity contribution < 1.29 is 4.74 Å². The van der Waals surface area contributed by atoms with E-state index in [2.05, 4.69) is 27.4 Å². The molecule has 5 nitrogen and oxygen atoms in total. The summed E-state index contributed by atoms with van der Waals surface area (Å²) in [6.45, 7) is 4.04. The van der Waals surface area contributed by atoms with Gasteiger partial charge in [0.25, 0.3) is 0 Å². The van der Waals surface area contributed by atoms with Crippen LogP contribution in [-0.4, -0.2) is 9.97 Å². The summed E-state index contributed by atoms with van der Waals surface area (Å²) >= 11 is 6.49. The van der Waals surface area contributed by atoms with E-state index in [-0.39, 0.29) is 5.92 Å². The number of fused-ring (bicyclic) bond motifs is 1. The number of nitriles is 1. The molecule has 0 aliphatic heterocycles. The molecule has 3 aromatic carbocycles. The molecular weight excluding hydrogens is 396 g/mol. The third-order valence-electron chi connectivity index (χ3n) is 4.65. The van der Waals surface area contributed by atoms with Gasteiger partial charge in [0.2, 0.25) is 11.8 Å². The number of anilines is 2. The molecule has 0 saturated heterocycles. The molecule has 0 aliphatic carbocycles. The molecule has 0 atom stereocenters. The zero-order chi connectivity index (χ0) is 21.1. The van der Waals surface area contributed by atoms with Gasteiger partial charge in [-0.2, -0.15) is 10.2 Å². The van der Waals surface area contributed by atoms with Gasteiger partial charge < -0.3 is 10.1 Å². The Labute approximate surface area is 179 Å². The predicted molar refractivity (Wildman–Crippen MR) is 120 cm³/mol. The molecule has 0 spiro atoms. The average Bonchev–Trinajstić information content (AvgIpc) is 2.73. The lowest BCUT2D eigenvalue weighted by atomic mass is 10.1. The SMILES string of the molecule is CC(C)c1c(Cl)nc(Nc2ccc(C#N)cc2)nc1Oc1ccc2ccccc2c1. The molecule has 148 valence electrons. The van der Waals surface area contributed by atoms with E-state index < -0.39 is 0 Å². The summed E-state index contributed by atoms with van der Waals surface area (Å²) in [5.41, 5.74) is 2.07. The van der Waals surface area contributed by atoms with Crippen molar-refractivity contribution in [3.05, 3.63) is 83.0 Å². The van der Waals surface area contributed by atoms with Gasteiger partial charge in [-0.3, -0.25) is 0 Å². The van der Waals surface area contributed by atoms with E-state index in [4.69, 9.17) is 21.6 Å². The Kier molecular flexibility index (Phi) is 5.51. The maximum atomic E-state index is 8.95. The molecule has 1 heterocycles. The first-order chi connectivity index (χ1) is 14.5. The van der Waals surface area contributed by atoms with Gasteiger partial charge in [0.05, 0.1) is 17.2 Å². The largest absolute Gasteiger partial charge is 0.438 e. The Bertz CT molecular complexity index is 1250. The maximum absolute atomic E-state index is 8.95. The summed E-state index contributed by atoms with van der Waals surface area (Å²) in [6.07, 6.45) is 0. The van der Waals surface area contributed by atoms with Gasteiger partial charge in [0, 0.05) is 5.69 Å². The summed E-state index contributed by atoms with van der Waals surface area (Å²) in [5.74, 6) is 1.49. The number of benzene rings is 3. The summed E-state index contributed by atoms with van der Waals surface area (Å²) in [4.78, 5) is 8.96. The van der Waals surface area contributed by atoms with Crippen LogP contribution >= 0.6 is 11.6 Å². The summed E-state index contributed by atoms with van der Waals surface area (Å²) in [7, 11) is 0. The molecule has 1 N–H and O–H groups in total. The monoisotopic (exact) mass is 414 g/mol. The topological polar surface area (TPSA) is 70.8 Å². The van der Waals surface area contributed by atoms with Crippen molar-refractivity contribution in [2.24, 2.45) is 0 Å². The lowest BCUT2D eigenvalue weighted by Gasteiger charge is -2.16. The van der Waals surface area contributed by atoms with Crippen LogP contribution in [0.4, 0.5) is 11.6 Å². The van der Waals surface area contributed by atoms with Crippen molar-refractivity contribution in [3.8, 4) is 17.7 Å². The van der Waals surface area contributed by atoms with E-state index >= 15 is 0 Å². The number of hydrogen-bond acceptors (Lipinski definition) is 5. The van der Waals surface area contributed by atoms with Crippen LogP contribution in [0.1, 0.15) is 30.9 Å². The van der Waals surface area contributed by atoms with E-state index in [1.807, 2.05) is 50.2 Å². The molecule has 4 aromatic rings. The van der Waals surface area contributed by atoms with Crippen LogP contribution in [0.15, 0.2) is 66.7 Å². The Morgan fingerprint density at radius 1 is 0.967 bits per heavy atom. The van der Waals surface area contributed by atoms with E-state index in [9.17, 15) is 0 Å². The van der Waals surface area contributed by atoms with E-state index in [0.717, 1.165) is 22.0 Å². The first-order valence-electron chi connectivity index (χ1n) is 9.55. The molecule has 4 rings (SSSR count). The van der Waals surface area contributed by atoms with E-state index in [1.54, 1.807) is 24.3 Å². The van der Waals surface area contributed by atoms with Crippen molar-refractivity contribution >= 4 is 34.0 Å². The highest BCUT2D eigenvalue weighted by Crippen LogP contribution is 2.35. The normalized spacial score (nSPS) is 10.8. The first kappa shape index (κ1) is 19.7. The zero-order valence-electron chi connectivity index (χ0n) is 16.6. The molecule has 0 saturated carbocycles. The first-order valence-corrected chi connectivity index (χ1v) is 9.92. The average molecular weight is 415 g/mol. The molecule has 0 unspecified atom stereocenters. The second kappa shape index (κ2) is 8.40. The highest BCUT2D eigenvalue weighted by molar-refractivity contribution is 6.30. The van der Waals surface area contributed by atoms with Crippen LogP contribution in [0.2, 0.25) is 5.15 Å². The second-order valence-corrected chi connectivity index (χ2v) is 7.49. The molecule has 0 fully saturated rings. The smallest absolute Gasteiger partial charge is 0.231 e. The molecule has 6 heteroatoms. The Morgan fingerprint density at radius 3 is 2.40 bits per heavy atom. The lowest BCUT2D eigenvalue weighted by Crippen LogP contribution is -2.05. The van der Waals surface area contributed by atoms with Crippen LogP contribution in [0.25, 0.3) is 10.8 Å². The van der Waals surface area contributed by atoms with Crippen LogP contribution < -0.4 is 10.1 Å². The number of ether oxygens (including phenoxy) is 1. The fourth-order valence-corrected chi connectivity index (χ4v) is 3.52. The summed E-state index contributed by atoms with van der Waals surface area (Å²) in [6, 6.07) is 23.1. The molecule has 0 aliphatic rings. The maximum Gasteiger partial charge on any atom is 0.231 e. The summed E-state index contributed by atoms with van der Waals surface area (Å²) in [5, 5.41) is 14.6. The lowest BCUT2D eigenvalue weighted by molar-refractivity contribution is 0.453. The van der Waals surface area contributed by atoms with E-state index in [1.165, 1.54) is 0 Å². The number of halogens is 1. The minimum Gasteiger partial charge on any atom is -0.438 e. The second-order valence-electron chi connectivity index (χ2n) is 7.14. The van der Waals surface area contributed by atoms with Crippen molar-refractivity contribution in [1.82, 2.24) is 9.97 Å². The minimum absolute atomic E-state index is 0.0805. The standard InChI is InChI=1S/C24H19ClN4O/c1-15(2)21-22(25)28-24(27-19-10-7-16(14-26)8-11-19)29-23(21)30-20-12-9-17-5-3-4-6-18(17)13-20/h3-13,15H,1-2H3,(H,27,28,29). The van der Waals surface area contributed by atoms with Gasteiger partial charge in [0.15, 0.2) is 0 Å². The number of nitrogens with zero attached hydrogens (tertiary/aromatic N) is 3. The Balaban J connectivity index is 1.69. The van der Waals surface area contributed by atoms with Gasteiger partial charge >= 0.3 is 0 Å². The van der Waals surface area contributed by atoms with Gasteiger partial charge in [0.1, 0.15) is 10.9 Å². The van der Waals surface area contributed by atoms with E-state index in [0.29, 0.717) is 28.3 Å². The predicted octanol–water partition coefficient (Wildman–Crippen LogP) is 6.81. The van der Waals surface area contributed by atoms with Gasteiger partial charge in [-0.1, -0.05) is 55.8 Å². The van der Waals surface area contributed by atoms with Gasteiger partial charge in [-0.05, 0) is 53.1 Å². The van der Waals surface area contributed by atoms with Crippen molar-refractivity contribution in [2.45, 2.75) is 19.8 Å².